The highest BCUT2D eigenvalue weighted by Crippen LogP contribution is 2.18. The molecular weight excluding hydrogens is 264 g/mol. The van der Waals surface area contributed by atoms with Crippen LogP contribution in [0.4, 0.5) is 0 Å². The van der Waals surface area contributed by atoms with E-state index in [0.29, 0.717) is 12.1 Å². The summed E-state index contributed by atoms with van der Waals surface area (Å²) in [6.45, 7) is 2.76. The van der Waals surface area contributed by atoms with Crippen LogP contribution in [0.3, 0.4) is 0 Å². The van der Waals surface area contributed by atoms with Crippen molar-refractivity contribution in [3.8, 4) is 0 Å². The van der Waals surface area contributed by atoms with Crippen molar-refractivity contribution >= 4 is 16.9 Å². The molecule has 0 amide bonds. The number of rotatable bonds is 3. The van der Waals surface area contributed by atoms with Gasteiger partial charge in [0.1, 0.15) is 0 Å². The zero-order valence-corrected chi connectivity index (χ0v) is 12.0. The van der Waals surface area contributed by atoms with Gasteiger partial charge in [-0.05, 0) is 42.1 Å². The third-order valence-electron chi connectivity index (χ3n) is 3.51. The quantitative estimate of drug-likeness (QED) is 0.692. The second kappa shape index (κ2) is 5.40. The number of esters is 1. The third-order valence-corrected chi connectivity index (χ3v) is 3.51. The van der Waals surface area contributed by atoms with E-state index in [-0.39, 0.29) is 5.97 Å². The van der Waals surface area contributed by atoms with Crippen molar-refractivity contribution in [3.05, 3.63) is 65.6 Å². The minimum absolute atomic E-state index is 0.365. The van der Waals surface area contributed by atoms with E-state index in [2.05, 4.69) is 51.7 Å². The Morgan fingerprint density at radius 3 is 2.81 bits per heavy atom. The number of carbonyl (C=O) groups is 1. The minimum atomic E-state index is -0.365. The highest BCUT2D eigenvalue weighted by atomic mass is 16.5. The van der Waals surface area contributed by atoms with Gasteiger partial charge in [0.25, 0.3) is 0 Å². The van der Waals surface area contributed by atoms with Gasteiger partial charge in [-0.3, -0.25) is 4.98 Å². The summed E-state index contributed by atoms with van der Waals surface area (Å²) in [5, 5.41) is 1.21. The first-order valence-electron chi connectivity index (χ1n) is 6.76. The number of methoxy groups -OCH3 is 1. The Morgan fingerprint density at radius 1 is 1.24 bits per heavy atom. The van der Waals surface area contributed by atoms with E-state index in [1.54, 1.807) is 12.3 Å². The smallest absolute Gasteiger partial charge is 0.339 e. The predicted octanol–water partition coefficient (Wildman–Crippen LogP) is 3.18. The van der Waals surface area contributed by atoms with E-state index >= 15 is 0 Å². The molecule has 3 aromatic rings. The number of pyridine rings is 1. The van der Waals surface area contributed by atoms with Crippen molar-refractivity contribution in [3.63, 3.8) is 0 Å². The molecule has 1 aromatic carbocycles. The third kappa shape index (κ3) is 2.65. The Balaban J connectivity index is 1.88. The van der Waals surface area contributed by atoms with E-state index in [1.165, 1.54) is 23.6 Å². The molecular formula is C17H16N2O2. The van der Waals surface area contributed by atoms with Crippen LogP contribution in [0.15, 0.2) is 48.8 Å². The van der Waals surface area contributed by atoms with Crippen molar-refractivity contribution in [1.82, 2.24) is 9.55 Å². The molecule has 2 heterocycles. The minimum Gasteiger partial charge on any atom is -0.465 e. The van der Waals surface area contributed by atoms with E-state index in [4.69, 9.17) is 0 Å². The van der Waals surface area contributed by atoms with Crippen molar-refractivity contribution in [1.29, 1.82) is 0 Å². The maximum Gasteiger partial charge on any atom is 0.339 e. The lowest BCUT2D eigenvalue weighted by Gasteiger charge is -2.06. The van der Waals surface area contributed by atoms with Crippen molar-refractivity contribution < 1.29 is 9.53 Å². The molecule has 0 atom stereocenters. The van der Waals surface area contributed by atoms with Crippen molar-refractivity contribution in [2.45, 2.75) is 13.5 Å². The van der Waals surface area contributed by atoms with Crippen molar-refractivity contribution in [2.75, 3.05) is 7.11 Å². The highest BCUT2D eigenvalue weighted by Gasteiger charge is 2.07. The molecule has 0 aliphatic heterocycles. The maximum absolute atomic E-state index is 11.4. The van der Waals surface area contributed by atoms with Gasteiger partial charge in [0, 0.05) is 17.9 Å². The summed E-state index contributed by atoms with van der Waals surface area (Å²) in [4.78, 5) is 15.7. The lowest BCUT2D eigenvalue weighted by atomic mass is 10.2. The summed E-state index contributed by atoms with van der Waals surface area (Å²) >= 11 is 0. The first kappa shape index (κ1) is 13.4. The Labute approximate surface area is 123 Å². The zero-order chi connectivity index (χ0) is 14.8. The molecule has 21 heavy (non-hydrogen) atoms. The molecule has 2 aromatic heterocycles. The number of fused-ring (bicyclic) bond motifs is 1. The van der Waals surface area contributed by atoms with E-state index < -0.39 is 0 Å². The monoisotopic (exact) mass is 280 g/mol. The molecule has 0 bridgehead atoms. The molecule has 4 heteroatoms. The highest BCUT2D eigenvalue weighted by molar-refractivity contribution is 5.88. The number of aromatic nitrogens is 2. The summed E-state index contributed by atoms with van der Waals surface area (Å²) in [6.07, 6.45) is 3.61. The number of benzene rings is 1. The summed E-state index contributed by atoms with van der Waals surface area (Å²) < 4.78 is 6.82. The van der Waals surface area contributed by atoms with Crippen LogP contribution in [0.25, 0.3) is 10.9 Å². The Bertz CT molecular complexity index is 788. The van der Waals surface area contributed by atoms with Crippen molar-refractivity contribution in [2.24, 2.45) is 0 Å². The van der Waals surface area contributed by atoms with Gasteiger partial charge in [0.2, 0.25) is 0 Å². The van der Waals surface area contributed by atoms with Crippen LogP contribution in [0.5, 0.6) is 0 Å². The van der Waals surface area contributed by atoms with Crippen LogP contribution >= 0.6 is 0 Å². The molecule has 0 unspecified atom stereocenters. The van der Waals surface area contributed by atoms with Gasteiger partial charge in [-0.15, -0.1) is 0 Å². The van der Waals surface area contributed by atoms with Gasteiger partial charge in [0.05, 0.1) is 24.9 Å². The fraction of sp³-hybridized carbons (Fsp3) is 0.176. The fourth-order valence-electron chi connectivity index (χ4n) is 2.36. The molecule has 106 valence electrons. The fourth-order valence-corrected chi connectivity index (χ4v) is 2.36. The summed E-state index contributed by atoms with van der Waals surface area (Å²) in [5.41, 5.74) is 3.79. The van der Waals surface area contributed by atoms with Crippen LogP contribution in [0, 0.1) is 6.92 Å². The number of ether oxygens (including phenoxy) is 1. The Hall–Kier alpha value is -2.62. The molecule has 4 nitrogen and oxygen atoms in total. The Morgan fingerprint density at radius 2 is 2.10 bits per heavy atom. The van der Waals surface area contributed by atoms with E-state index in [0.717, 1.165) is 5.69 Å². The lowest BCUT2D eigenvalue weighted by Crippen LogP contribution is -2.04. The van der Waals surface area contributed by atoms with Gasteiger partial charge < -0.3 is 9.30 Å². The number of aryl methyl sites for hydroxylation is 1. The first-order valence-corrected chi connectivity index (χ1v) is 6.76. The zero-order valence-electron chi connectivity index (χ0n) is 12.0. The van der Waals surface area contributed by atoms with Gasteiger partial charge >= 0.3 is 5.97 Å². The average molecular weight is 280 g/mol. The van der Waals surface area contributed by atoms with Crippen LogP contribution < -0.4 is 0 Å². The van der Waals surface area contributed by atoms with Gasteiger partial charge in [0.15, 0.2) is 0 Å². The van der Waals surface area contributed by atoms with Gasteiger partial charge in [-0.25, -0.2) is 4.79 Å². The number of hydrogen-bond donors (Lipinski definition) is 0. The van der Waals surface area contributed by atoms with Crippen LogP contribution in [0.1, 0.15) is 21.6 Å². The largest absolute Gasteiger partial charge is 0.465 e. The van der Waals surface area contributed by atoms with Gasteiger partial charge in [-0.2, -0.15) is 0 Å². The average Bonchev–Trinajstić information content (AvgIpc) is 2.89. The van der Waals surface area contributed by atoms with Crippen LogP contribution in [-0.4, -0.2) is 22.6 Å². The summed E-state index contributed by atoms with van der Waals surface area (Å²) in [6, 6.07) is 12.1. The molecule has 0 fully saturated rings. The molecule has 3 rings (SSSR count). The molecule has 0 aliphatic carbocycles. The predicted molar refractivity (Wildman–Crippen MR) is 81.4 cm³/mol. The number of carbonyl (C=O) groups excluding carboxylic acids is 1. The maximum atomic E-state index is 11.4. The second-order valence-electron chi connectivity index (χ2n) is 5.04. The molecule has 0 spiro atoms. The summed E-state index contributed by atoms with van der Waals surface area (Å²) in [5.74, 6) is -0.365. The van der Waals surface area contributed by atoms with Crippen LogP contribution in [0.2, 0.25) is 0 Å². The van der Waals surface area contributed by atoms with Gasteiger partial charge in [-0.1, -0.05) is 12.1 Å². The molecule has 0 saturated carbocycles. The summed E-state index contributed by atoms with van der Waals surface area (Å²) in [7, 11) is 1.37. The number of hydrogen-bond acceptors (Lipinski definition) is 3. The van der Waals surface area contributed by atoms with Crippen LogP contribution in [-0.2, 0) is 11.3 Å². The molecule has 0 N–H and O–H groups in total. The van der Waals surface area contributed by atoms with E-state index in [1.807, 2.05) is 6.07 Å². The molecule has 0 radical (unpaired) electrons. The first-order chi connectivity index (χ1) is 10.2. The lowest BCUT2D eigenvalue weighted by molar-refractivity contribution is 0.0600. The molecule has 0 aliphatic rings. The van der Waals surface area contributed by atoms with E-state index in [9.17, 15) is 4.79 Å². The number of nitrogens with zero attached hydrogens (tertiary/aromatic N) is 2. The normalized spacial score (nSPS) is 10.8. The SMILES string of the molecule is COC(=O)c1ccc(Cn2ccc3ccc(C)cc32)nc1. The molecule has 0 saturated heterocycles. The topological polar surface area (TPSA) is 44.1 Å². The Kier molecular flexibility index (Phi) is 3.44. The standard InChI is InChI=1S/C17H16N2O2/c1-12-3-4-13-7-8-19(16(13)9-12)11-15-6-5-14(10-18-15)17(20)21-2/h3-10H,11H2,1-2H3. The second-order valence-corrected chi connectivity index (χ2v) is 5.04.